The Morgan fingerprint density at radius 2 is 2.25 bits per heavy atom. The number of pyridine rings is 1. The summed E-state index contributed by atoms with van der Waals surface area (Å²) in [7, 11) is 1.49. The van der Waals surface area contributed by atoms with Gasteiger partial charge in [-0.1, -0.05) is 18.5 Å². The van der Waals surface area contributed by atoms with Crippen molar-refractivity contribution in [1.82, 2.24) is 4.90 Å². The summed E-state index contributed by atoms with van der Waals surface area (Å²) in [5, 5.41) is 0.294. The molecule has 0 saturated carbocycles. The first kappa shape index (κ1) is 15.2. The fraction of sp³-hybridized carbons (Fsp3) is 0.571. The van der Waals surface area contributed by atoms with Crippen LogP contribution in [0.5, 0.6) is 0 Å². The van der Waals surface area contributed by atoms with Crippen LogP contribution in [0.1, 0.15) is 25.8 Å². The van der Waals surface area contributed by atoms with Gasteiger partial charge in [0.05, 0.1) is 5.56 Å². The monoisotopic (exact) mass is 303 g/mol. The third-order valence-corrected chi connectivity index (χ3v) is 4.25. The minimum atomic E-state index is -1.81. The second kappa shape index (κ2) is 5.28. The van der Waals surface area contributed by atoms with Crippen LogP contribution < -0.4 is 4.57 Å². The normalized spacial score (nSPS) is 26.7. The smallest absolute Gasteiger partial charge is 0.342 e. The van der Waals surface area contributed by atoms with E-state index in [2.05, 4.69) is 0 Å². The van der Waals surface area contributed by atoms with Gasteiger partial charge < -0.3 is 4.90 Å². The second-order valence-corrected chi connectivity index (χ2v) is 5.89. The molecule has 2 rings (SSSR count). The number of alkyl halides is 1. The maximum atomic E-state index is 15.3. The highest BCUT2D eigenvalue weighted by atomic mass is 35.5. The van der Waals surface area contributed by atoms with Crippen LogP contribution >= 0.6 is 11.6 Å². The van der Waals surface area contributed by atoms with Crippen molar-refractivity contribution in [3.05, 3.63) is 28.8 Å². The summed E-state index contributed by atoms with van der Waals surface area (Å²) in [6, 6.07) is 1.34. The van der Waals surface area contributed by atoms with Gasteiger partial charge >= 0.3 is 5.95 Å². The van der Waals surface area contributed by atoms with Gasteiger partial charge in [-0.2, -0.15) is 4.57 Å². The number of aromatic nitrogens is 1. The van der Waals surface area contributed by atoms with E-state index in [0.717, 1.165) is 0 Å². The molecule has 1 aromatic heterocycles. The molecule has 1 saturated heterocycles. The second-order valence-electron chi connectivity index (χ2n) is 5.45. The number of carbonyl (C=O) groups is 1. The van der Waals surface area contributed by atoms with E-state index < -0.39 is 17.5 Å². The molecule has 6 heteroatoms. The molecule has 0 bridgehead atoms. The lowest BCUT2D eigenvalue weighted by Crippen LogP contribution is -2.50. The maximum absolute atomic E-state index is 15.3. The zero-order valence-electron chi connectivity index (χ0n) is 11.8. The van der Waals surface area contributed by atoms with Gasteiger partial charge in [-0.05, 0) is 6.07 Å². The Bertz CT molecular complexity index is 552. The molecule has 0 unspecified atom stereocenters. The molecule has 1 aliphatic rings. The number of halogens is 3. The Labute approximate surface area is 122 Å². The van der Waals surface area contributed by atoms with Gasteiger partial charge in [0.2, 0.25) is 5.91 Å². The molecule has 1 aliphatic heterocycles. The highest BCUT2D eigenvalue weighted by Gasteiger charge is 2.47. The lowest BCUT2D eigenvalue weighted by atomic mass is 9.79. The van der Waals surface area contributed by atoms with Crippen LogP contribution in [0.25, 0.3) is 0 Å². The van der Waals surface area contributed by atoms with Gasteiger partial charge in [0.1, 0.15) is 12.1 Å². The van der Waals surface area contributed by atoms with Crippen LogP contribution in [0.15, 0.2) is 12.3 Å². The summed E-state index contributed by atoms with van der Waals surface area (Å²) in [5.41, 5.74) is -1.83. The number of hydrogen-bond acceptors (Lipinski definition) is 1. The highest BCUT2D eigenvalue weighted by molar-refractivity contribution is 6.30. The van der Waals surface area contributed by atoms with Gasteiger partial charge in [-0.25, -0.2) is 4.39 Å². The topological polar surface area (TPSA) is 24.2 Å². The molecule has 0 aliphatic carbocycles. The maximum Gasteiger partial charge on any atom is 0.365 e. The van der Waals surface area contributed by atoms with Crippen LogP contribution in [0, 0.1) is 11.9 Å². The molecule has 1 fully saturated rings. The van der Waals surface area contributed by atoms with Crippen molar-refractivity contribution in [1.29, 1.82) is 0 Å². The van der Waals surface area contributed by atoms with E-state index >= 15 is 4.39 Å². The van der Waals surface area contributed by atoms with Gasteiger partial charge in [-0.3, -0.25) is 4.79 Å². The van der Waals surface area contributed by atoms with Crippen molar-refractivity contribution in [2.45, 2.75) is 25.9 Å². The van der Waals surface area contributed by atoms with Crippen LogP contribution in [0.4, 0.5) is 8.78 Å². The van der Waals surface area contributed by atoms with Crippen molar-refractivity contribution in [3.63, 3.8) is 0 Å². The minimum absolute atomic E-state index is 0.0248. The first-order chi connectivity index (χ1) is 9.25. The average Bonchev–Trinajstić information content (AvgIpc) is 2.36. The summed E-state index contributed by atoms with van der Waals surface area (Å²) in [6.07, 6.45) is 1.48. The molecule has 110 valence electrons. The first-order valence-electron chi connectivity index (χ1n) is 6.55. The number of aryl methyl sites for hydroxylation is 1. The molecule has 2 heterocycles. The zero-order valence-corrected chi connectivity index (χ0v) is 12.5. The van der Waals surface area contributed by atoms with Crippen LogP contribution in [-0.4, -0.2) is 23.9 Å². The SMILES string of the molecule is CC(=O)N1CC[C@](F)(c2cc(Cl)c[n+](C)c2F)[C@@H](C)C1. The quantitative estimate of drug-likeness (QED) is 0.577. The summed E-state index contributed by atoms with van der Waals surface area (Å²) in [5.74, 6) is -1.20. The van der Waals surface area contributed by atoms with Crippen LogP contribution in [0.2, 0.25) is 5.02 Å². The molecule has 3 nitrogen and oxygen atoms in total. The first-order valence-corrected chi connectivity index (χ1v) is 6.93. The van der Waals surface area contributed by atoms with Crippen molar-refractivity contribution in [2.75, 3.05) is 13.1 Å². The largest absolute Gasteiger partial charge is 0.365 e. The standard InChI is InChI=1S/C14H18ClF2N2O/c1-9-7-19(10(2)20)5-4-14(9,17)12-6-11(15)8-18(3)13(12)16/h6,8-9H,4-5,7H2,1-3H3/q+1/t9-,14+/m0/s1. The van der Waals surface area contributed by atoms with Crippen molar-refractivity contribution >= 4 is 17.5 Å². The molecule has 1 amide bonds. The fourth-order valence-electron chi connectivity index (χ4n) is 2.75. The molecular weight excluding hydrogens is 286 g/mol. The third kappa shape index (κ3) is 2.51. The minimum Gasteiger partial charge on any atom is -0.342 e. The predicted octanol–water partition coefficient (Wildman–Crippen LogP) is 2.36. The fourth-order valence-corrected chi connectivity index (χ4v) is 3.01. The molecule has 0 aromatic carbocycles. The Hall–Kier alpha value is -1.23. The average molecular weight is 304 g/mol. The van der Waals surface area contributed by atoms with Gasteiger partial charge in [0.15, 0.2) is 11.9 Å². The molecule has 0 N–H and O–H groups in total. The molecule has 1 aromatic rings. The van der Waals surface area contributed by atoms with Gasteiger partial charge in [-0.15, -0.1) is 4.39 Å². The lowest BCUT2D eigenvalue weighted by molar-refractivity contribution is -0.701. The Morgan fingerprint density at radius 1 is 1.60 bits per heavy atom. The van der Waals surface area contributed by atoms with E-state index in [9.17, 15) is 9.18 Å². The number of hydrogen-bond donors (Lipinski definition) is 0. The van der Waals surface area contributed by atoms with Crippen molar-refractivity contribution in [3.8, 4) is 0 Å². The number of amides is 1. The number of piperidine rings is 1. The third-order valence-electron chi connectivity index (χ3n) is 4.05. The van der Waals surface area contributed by atoms with Gasteiger partial charge in [0, 0.05) is 32.4 Å². The van der Waals surface area contributed by atoms with E-state index in [1.54, 1.807) is 11.8 Å². The molecular formula is C14H18ClF2N2O+. The number of carbonyl (C=O) groups excluding carboxylic acids is 1. The molecule has 20 heavy (non-hydrogen) atoms. The highest BCUT2D eigenvalue weighted by Crippen LogP contribution is 2.42. The molecule has 0 spiro atoms. The predicted molar refractivity (Wildman–Crippen MR) is 71.4 cm³/mol. The van der Waals surface area contributed by atoms with E-state index in [4.69, 9.17) is 11.6 Å². The van der Waals surface area contributed by atoms with Crippen molar-refractivity contribution in [2.24, 2.45) is 13.0 Å². The molecule has 0 radical (unpaired) electrons. The van der Waals surface area contributed by atoms with E-state index in [-0.39, 0.29) is 31.0 Å². The zero-order chi connectivity index (χ0) is 15.1. The molecule has 2 atom stereocenters. The Kier molecular flexibility index (Phi) is 4.00. The van der Waals surface area contributed by atoms with Crippen LogP contribution in [0.3, 0.4) is 0 Å². The van der Waals surface area contributed by atoms with Gasteiger partial charge in [0.25, 0.3) is 0 Å². The number of rotatable bonds is 1. The number of likely N-dealkylation sites (tertiary alicyclic amines) is 1. The van der Waals surface area contributed by atoms with E-state index in [0.29, 0.717) is 5.02 Å². The summed E-state index contributed by atoms with van der Waals surface area (Å²) >= 11 is 5.91. The van der Waals surface area contributed by atoms with E-state index in [1.165, 1.54) is 30.8 Å². The lowest BCUT2D eigenvalue weighted by Gasteiger charge is -2.40. The summed E-state index contributed by atoms with van der Waals surface area (Å²) < 4.78 is 30.7. The van der Waals surface area contributed by atoms with E-state index in [1.807, 2.05) is 0 Å². The number of nitrogens with zero attached hydrogens (tertiary/aromatic N) is 2. The van der Waals surface area contributed by atoms with Crippen LogP contribution in [-0.2, 0) is 17.5 Å². The summed E-state index contributed by atoms with van der Waals surface area (Å²) in [6.45, 7) is 3.71. The van der Waals surface area contributed by atoms with Crippen molar-refractivity contribution < 1.29 is 18.1 Å². The Morgan fingerprint density at radius 3 is 2.80 bits per heavy atom. The summed E-state index contributed by atoms with van der Waals surface area (Å²) in [4.78, 5) is 13.0. The Balaban J connectivity index is 2.39.